The van der Waals surface area contributed by atoms with E-state index in [0.717, 1.165) is 31.5 Å². The average Bonchev–Trinajstić information content (AvgIpc) is 3.30. The van der Waals surface area contributed by atoms with Gasteiger partial charge in [-0.25, -0.2) is 8.42 Å². The topological polar surface area (TPSA) is 69.7 Å². The quantitative estimate of drug-likeness (QED) is 0.862. The molecule has 1 amide bonds. The smallest absolute Gasteiger partial charge is 0.243 e. The van der Waals surface area contributed by atoms with Gasteiger partial charge in [0.05, 0.1) is 11.3 Å². The van der Waals surface area contributed by atoms with Gasteiger partial charge in [-0.3, -0.25) is 9.69 Å². The number of benzene rings is 2. The standard InChI is InChI=1S/C21H23N3O3S/c25-21-14-16-13-17(6-7-19(16)22-21)28(26,27)24-11-9-23(10-12-24)20-8-5-15-3-1-2-4-18(15)20/h1-4,6-7,13,20H,5,8-12,14H2,(H,22,25). The van der Waals surface area contributed by atoms with Gasteiger partial charge in [-0.15, -0.1) is 0 Å². The van der Waals surface area contributed by atoms with Crippen molar-refractivity contribution in [1.29, 1.82) is 0 Å². The zero-order valence-corrected chi connectivity index (χ0v) is 16.4. The lowest BCUT2D eigenvalue weighted by Gasteiger charge is -2.37. The third-order valence-corrected chi connectivity index (χ3v) is 8.05. The number of amides is 1. The minimum absolute atomic E-state index is 0.0880. The summed E-state index contributed by atoms with van der Waals surface area (Å²) in [5.74, 6) is -0.0880. The van der Waals surface area contributed by atoms with Crippen molar-refractivity contribution in [2.75, 3.05) is 31.5 Å². The van der Waals surface area contributed by atoms with E-state index in [4.69, 9.17) is 0 Å². The predicted octanol–water partition coefficient (Wildman–Crippen LogP) is 2.18. The van der Waals surface area contributed by atoms with Crippen molar-refractivity contribution in [3.8, 4) is 0 Å². The molecule has 6 nitrogen and oxygen atoms in total. The second-order valence-electron chi connectivity index (χ2n) is 7.74. The van der Waals surface area contributed by atoms with E-state index in [2.05, 4.69) is 34.5 Å². The maximum Gasteiger partial charge on any atom is 0.243 e. The number of fused-ring (bicyclic) bond motifs is 2. The molecule has 146 valence electrons. The third-order valence-electron chi connectivity index (χ3n) is 6.15. The number of rotatable bonds is 3. The number of carbonyl (C=O) groups is 1. The maximum absolute atomic E-state index is 13.1. The van der Waals surface area contributed by atoms with Gasteiger partial charge >= 0.3 is 0 Å². The number of nitrogens with zero attached hydrogens (tertiary/aromatic N) is 2. The summed E-state index contributed by atoms with van der Waals surface area (Å²) >= 11 is 0. The van der Waals surface area contributed by atoms with Crippen molar-refractivity contribution in [3.63, 3.8) is 0 Å². The Bertz CT molecular complexity index is 1040. The minimum atomic E-state index is -3.54. The van der Waals surface area contributed by atoms with Gasteiger partial charge in [0.15, 0.2) is 0 Å². The summed E-state index contributed by atoms with van der Waals surface area (Å²) in [6.45, 7) is 2.47. The number of piperazine rings is 1. The SMILES string of the molecule is O=C1Cc2cc(S(=O)(=O)N3CCN(C4CCc5ccccc54)CC3)ccc2N1. The molecule has 28 heavy (non-hydrogen) atoms. The Morgan fingerprint density at radius 1 is 0.964 bits per heavy atom. The number of carbonyl (C=O) groups excluding carboxylic acids is 1. The first kappa shape index (κ1) is 17.8. The van der Waals surface area contributed by atoms with Crippen molar-refractivity contribution < 1.29 is 13.2 Å². The molecule has 1 aliphatic carbocycles. The van der Waals surface area contributed by atoms with Crippen LogP contribution in [0.5, 0.6) is 0 Å². The van der Waals surface area contributed by atoms with Crippen molar-refractivity contribution in [3.05, 3.63) is 59.2 Å². The molecule has 0 bridgehead atoms. The van der Waals surface area contributed by atoms with Crippen LogP contribution in [-0.2, 0) is 27.7 Å². The Morgan fingerprint density at radius 3 is 2.57 bits per heavy atom. The van der Waals surface area contributed by atoms with Crippen LogP contribution in [0.2, 0.25) is 0 Å². The lowest BCUT2D eigenvalue weighted by atomic mass is 10.1. The van der Waals surface area contributed by atoms with Gasteiger partial charge in [-0.05, 0) is 47.7 Å². The minimum Gasteiger partial charge on any atom is -0.326 e. The monoisotopic (exact) mass is 397 g/mol. The molecule has 2 aromatic rings. The van der Waals surface area contributed by atoms with E-state index in [1.165, 1.54) is 11.1 Å². The Labute approximate surface area is 165 Å². The molecular weight excluding hydrogens is 374 g/mol. The zero-order valence-electron chi connectivity index (χ0n) is 15.6. The first-order chi connectivity index (χ1) is 13.5. The van der Waals surface area contributed by atoms with Crippen LogP contribution >= 0.6 is 0 Å². The van der Waals surface area contributed by atoms with Crippen LogP contribution in [0.3, 0.4) is 0 Å². The van der Waals surface area contributed by atoms with Gasteiger partial charge in [-0.2, -0.15) is 4.31 Å². The Morgan fingerprint density at radius 2 is 1.75 bits per heavy atom. The second-order valence-corrected chi connectivity index (χ2v) is 9.68. The number of aryl methyl sites for hydroxylation is 1. The van der Waals surface area contributed by atoms with Crippen LogP contribution in [0.1, 0.15) is 29.2 Å². The number of sulfonamides is 1. The summed E-state index contributed by atoms with van der Waals surface area (Å²) in [5, 5.41) is 2.75. The lowest BCUT2D eigenvalue weighted by Crippen LogP contribution is -2.49. The molecule has 1 unspecified atom stereocenters. The largest absolute Gasteiger partial charge is 0.326 e. The van der Waals surface area contributed by atoms with Crippen LogP contribution in [0.25, 0.3) is 0 Å². The highest BCUT2D eigenvalue weighted by atomic mass is 32.2. The molecule has 2 heterocycles. The van der Waals surface area contributed by atoms with Crippen LogP contribution in [0.4, 0.5) is 5.69 Å². The van der Waals surface area contributed by atoms with Gasteiger partial charge in [0.2, 0.25) is 15.9 Å². The molecule has 0 spiro atoms. The molecule has 1 N–H and O–H groups in total. The molecule has 0 radical (unpaired) electrons. The Hall–Kier alpha value is -2.22. The average molecular weight is 398 g/mol. The van der Waals surface area contributed by atoms with Crippen LogP contribution in [0.15, 0.2) is 47.4 Å². The fraction of sp³-hybridized carbons (Fsp3) is 0.381. The van der Waals surface area contributed by atoms with Crippen LogP contribution in [-0.4, -0.2) is 49.7 Å². The first-order valence-electron chi connectivity index (χ1n) is 9.77. The molecule has 2 aliphatic heterocycles. The van der Waals surface area contributed by atoms with Gasteiger partial charge in [-0.1, -0.05) is 24.3 Å². The van der Waals surface area contributed by atoms with E-state index in [9.17, 15) is 13.2 Å². The van der Waals surface area contributed by atoms with E-state index < -0.39 is 10.0 Å². The molecule has 7 heteroatoms. The van der Waals surface area contributed by atoms with E-state index in [0.29, 0.717) is 24.8 Å². The summed E-state index contributed by atoms with van der Waals surface area (Å²) in [6, 6.07) is 13.9. The van der Waals surface area contributed by atoms with Gasteiger partial charge in [0.1, 0.15) is 0 Å². The molecule has 3 aliphatic rings. The summed E-state index contributed by atoms with van der Waals surface area (Å²) in [7, 11) is -3.54. The fourth-order valence-corrected chi connectivity index (χ4v) is 6.16. The molecule has 2 aromatic carbocycles. The summed E-state index contributed by atoms with van der Waals surface area (Å²) in [4.78, 5) is 14.2. The van der Waals surface area contributed by atoms with E-state index in [1.54, 1.807) is 22.5 Å². The molecule has 1 fully saturated rings. The lowest BCUT2D eigenvalue weighted by molar-refractivity contribution is -0.115. The van der Waals surface area contributed by atoms with Crippen molar-refractivity contribution in [2.45, 2.75) is 30.2 Å². The summed E-state index contributed by atoms with van der Waals surface area (Å²) in [6.07, 6.45) is 2.45. The molecule has 1 saturated heterocycles. The predicted molar refractivity (Wildman–Crippen MR) is 107 cm³/mol. The highest BCUT2D eigenvalue weighted by Crippen LogP contribution is 2.36. The van der Waals surface area contributed by atoms with Crippen LogP contribution < -0.4 is 5.32 Å². The maximum atomic E-state index is 13.1. The van der Waals surface area contributed by atoms with E-state index in [1.807, 2.05) is 0 Å². The van der Waals surface area contributed by atoms with Gasteiger partial charge in [0, 0.05) is 37.9 Å². The molecule has 5 rings (SSSR count). The zero-order chi connectivity index (χ0) is 19.3. The van der Waals surface area contributed by atoms with E-state index >= 15 is 0 Å². The molecule has 1 atom stereocenters. The van der Waals surface area contributed by atoms with Crippen molar-refractivity contribution in [1.82, 2.24) is 9.21 Å². The van der Waals surface area contributed by atoms with Crippen LogP contribution in [0, 0.1) is 0 Å². The second kappa shape index (κ2) is 6.69. The Balaban J connectivity index is 1.30. The normalized spacial score (nSPS) is 22.7. The van der Waals surface area contributed by atoms with Crippen molar-refractivity contribution >= 4 is 21.6 Å². The summed E-state index contributed by atoms with van der Waals surface area (Å²) < 4.78 is 27.8. The van der Waals surface area contributed by atoms with Gasteiger partial charge < -0.3 is 5.32 Å². The van der Waals surface area contributed by atoms with Gasteiger partial charge in [0.25, 0.3) is 0 Å². The highest BCUT2D eigenvalue weighted by molar-refractivity contribution is 7.89. The first-order valence-corrected chi connectivity index (χ1v) is 11.2. The summed E-state index contributed by atoms with van der Waals surface area (Å²) in [5.41, 5.74) is 4.29. The number of hydrogen-bond donors (Lipinski definition) is 1. The Kier molecular flexibility index (Phi) is 4.26. The third kappa shape index (κ3) is 2.94. The van der Waals surface area contributed by atoms with E-state index in [-0.39, 0.29) is 17.2 Å². The molecule has 0 saturated carbocycles. The number of hydrogen-bond acceptors (Lipinski definition) is 4. The fourth-order valence-electron chi connectivity index (χ4n) is 4.68. The number of nitrogens with one attached hydrogen (secondary N) is 1. The molecular formula is C21H23N3O3S. The number of anilines is 1. The molecule has 0 aromatic heterocycles. The van der Waals surface area contributed by atoms with Crippen molar-refractivity contribution in [2.24, 2.45) is 0 Å². The highest BCUT2D eigenvalue weighted by Gasteiger charge is 2.34.